The van der Waals surface area contributed by atoms with Gasteiger partial charge in [0.1, 0.15) is 12.4 Å². The molecule has 0 radical (unpaired) electrons. The van der Waals surface area contributed by atoms with Gasteiger partial charge in [0.05, 0.1) is 5.41 Å². The van der Waals surface area contributed by atoms with Crippen LogP contribution in [0, 0.1) is 5.92 Å². The van der Waals surface area contributed by atoms with E-state index in [1.807, 2.05) is 30.3 Å². The SMILES string of the molecule is CC1CCC1c1cc(C2(C(=O)O)CC2)ccc1OCc1ccccc1. The first kappa shape index (κ1) is 16.2. The molecule has 4 rings (SSSR count). The van der Waals surface area contributed by atoms with Crippen LogP contribution in [0.1, 0.15) is 55.2 Å². The molecule has 2 fully saturated rings. The molecule has 0 amide bonds. The highest BCUT2D eigenvalue weighted by Gasteiger charge is 2.52. The second-order valence-electron chi connectivity index (χ2n) is 7.58. The zero-order valence-corrected chi connectivity index (χ0v) is 14.6. The number of rotatable bonds is 6. The average molecular weight is 336 g/mol. The fraction of sp³-hybridized carbons (Fsp3) is 0.409. The third-order valence-electron chi connectivity index (χ3n) is 5.98. The van der Waals surface area contributed by atoms with Crippen LogP contribution in [0.15, 0.2) is 48.5 Å². The van der Waals surface area contributed by atoms with Gasteiger partial charge in [0.15, 0.2) is 0 Å². The van der Waals surface area contributed by atoms with Gasteiger partial charge >= 0.3 is 5.97 Å². The molecule has 2 aliphatic rings. The molecular weight excluding hydrogens is 312 g/mol. The molecule has 0 aliphatic heterocycles. The molecule has 0 spiro atoms. The van der Waals surface area contributed by atoms with Gasteiger partial charge in [0.2, 0.25) is 0 Å². The third kappa shape index (κ3) is 2.92. The van der Waals surface area contributed by atoms with Crippen LogP contribution in [0.5, 0.6) is 5.75 Å². The Kier molecular flexibility index (Phi) is 4.03. The molecule has 0 heterocycles. The monoisotopic (exact) mass is 336 g/mol. The summed E-state index contributed by atoms with van der Waals surface area (Å²) in [5, 5.41) is 9.60. The number of aliphatic carboxylic acids is 1. The van der Waals surface area contributed by atoms with Crippen molar-refractivity contribution in [1.29, 1.82) is 0 Å². The molecule has 2 aromatic rings. The Balaban J connectivity index is 1.63. The van der Waals surface area contributed by atoms with Gasteiger partial charge in [-0.3, -0.25) is 4.79 Å². The maximum atomic E-state index is 11.7. The van der Waals surface area contributed by atoms with Crippen molar-refractivity contribution >= 4 is 5.97 Å². The minimum Gasteiger partial charge on any atom is -0.489 e. The van der Waals surface area contributed by atoms with E-state index in [-0.39, 0.29) is 0 Å². The largest absolute Gasteiger partial charge is 0.489 e. The Labute approximate surface area is 148 Å². The Bertz CT molecular complexity index is 777. The van der Waals surface area contributed by atoms with E-state index in [9.17, 15) is 9.90 Å². The van der Waals surface area contributed by atoms with E-state index in [4.69, 9.17) is 4.74 Å². The maximum absolute atomic E-state index is 11.7. The van der Waals surface area contributed by atoms with Gasteiger partial charge in [-0.05, 0) is 60.3 Å². The Morgan fingerprint density at radius 3 is 2.48 bits per heavy atom. The van der Waals surface area contributed by atoms with E-state index in [0.717, 1.165) is 36.1 Å². The first-order chi connectivity index (χ1) is 12.1. The van der Waals surface area contributed by atoms with E-state index in [2.05, 4.69) is 25.1 Å². The van der Waals surface area contributed by atoms with Crippen molar-refractivity contribution in [3.63, 3.8) is 0 Å². The molecule has 2 aliphatic carbocycles. The molecule has 0 saturated heterocycles. The van der Waals surface area contributed by atoms with Crippen molar-refractivity contribution < 1.29 is 14.6 Å². The predicted octanol–water partition coefficient (Wildman–Crippen LogP) is 4.90. The lowest BCUT2D eigenvalue weighted by atomic mass is 9.70. The standard InChI is InChI=1S/C22H24O3/c1-15-7-9-18(15)19-13-17(22(11-12-22)21(23)24)8-10-20(19)25-14-16-5-3-2-4-6-16/h2-6,8,10,13,15,18H,7,9,11-12,14H2,1H3,(H,23,24). The number of carboxylic acids is 1. The van der Waals surface area contributed by atoms with Crippen LogP contribution in [0.4, 0.5) is 0 Å². The average Bonchev–Trinajstić information content (AvgIpc) is 3.42. The van der Waals surface area contributed by atoms with Crippen LogP contribution >= 0.6 is 0 Å². The molecule has 130 valence electrons. The maximum Gasteiger partial charge on any atom is 0.314 e. The van der Waals surface area contributed by atoms with Crippen molar-refractivity contribution in [1.82, 2.24) is 0 Å². The number of hydrogen-bond acceptors (Lipinski definition) is 2. The Morgan fingerprint density at radius 1 is 1.16 bits per heavy atom. The van der Waals surface area contributed by atoms with Crippen LogP contribution in [-0.4, -0.2) is 11.1 Å². The van der Waals surface area contributed by atoms with Crippen molar-refractivity contribution in [2.45, 2.75) is 50.5 Å². The van der Waals surface area contributed by atoms with Gasteiger partial charge in [0, 0.05) is 0 Å². The smallest absolute Gasteiger partial charge is 0.314 e. The molecule has 2 aromatic carbocycles. The summed E-state index contributed by atoms with van der Waals surface area (Å²) in [7, 11) is 0. The molecule has 3 nitrogen and oxygen atoms in total. The molecule has 0 bridgehead atoms. The Hall–Kier alpha value is -2.29. The highest BCUT2D eigenvalue weighted by molar-refractivity contribution is 5.85. The third-order valence-corrected chi connectivity index (χ3v) is 5.98. The number of hydrogen-bond donors (Lipinski definition) is 1. The molecule has 2 atom stereocenters. The van der Waals surface area contributed by atoms with Crippen LogP contribution in [-0.2, 0) is 16.8 Å². The zero-order valence-electron chi connectivity index (χ0n) is 14.6. The number of benzene rings is 2. The number of carboxylic acid groups (broad SMARTS) is 1. The van der Waals surface area contributed by atoms with Crippen molar-refractivity contribution in [2.75, 3.05) is 0 Å². The highest BCUT2D eigenvalue weighted by Crippen LogP contribution is 2.52. The normalized spacial score (nSPS) is 23.6. The van der Waals surface area contributed by atoms with E-state index >= 15 is 0 Å². The summed E-state index contributed by atoms with van der Waals surface area (Å²) in [5.41, 5.74) is 2.63. The fourth-order valence-electron chi connectivity index (χ4n) is 3.88. The molecule has 1 N–H and O–H groups in total. The van der Waals surface area contributed by atoms with Gasteiger partial charge in [0.25, 0.3) is 0 Å². The van der Waals surface area contributed by atoms with E-state index in [1.165, 1.54) is 12.0 Å². The van der Waals surface area contributed by atoms with Crippen molar-refractivity contribution in [3.8, 4) is 5.75 Å². The van der Waals surface area contributed by atoms with Crippen molar-refractivity contribution in [2.24, 2.45) is 5.92 Å². The van der Waals surface area contributed by atoms with Gasteiger partial charge in [-0.25, -0.2) is 0 Å². The number of ether oxygens (including phenoxy) is 1. The lowest BCUT2D eigenvalue weighted by Crippen LogP contribution is -2.24. The first-order valence-electron chi connectivity index (χ1n) is 9.15. The van der Waals surface area contributed by atoms with E-state index < -0.39 is 11.4 Å². The van der Waals surface area contributed by atoms with Crippen LogP contribution in [0.3, 0.4) is 0 Å². The lowest BCUT2D eigenvalue weighted by molar-refractivity contribution is -0.140. The predicted molar refractivity (Wildman–Crippen MR) is 96.9 cm³/mol. The summed E-state index contributed by atoms with van der Waals surface area (Å²) in [6.45, 7) is 2.81. The van der Waals surface area contributed by atoms with Crippen LogP contribution in [0.2, 0.25) is 0 Å². The van der Waals surface area contributed by atoms with Crippen LogP contribution < -0.4 is 4.74 Å². The summed E-state index contributed by atoms with van der Waals surface area (Å²) in [5.74, 6) is 1.33. The minimum atomic E-state index is -0.696. The summed E-state index contributed by atoms with van der Waals surface area (Å²) in [4.78, 5) is 11.7. The first-order valence-corrected chi connectivity index (χ1v) is 9.15. The molecule has 2 saturated carbocycles. The van der Waals surface area contributed by atoms with Gasteiger partial charge < -0.3 is 9.84 Å². The summed E-state index contributed by atoms with van der Waals surface area (Å²) >= 11 is 0. The summed E-state index contributed by atoms with van der Waals surface area (Å²) in [6, 6.07) is 16.2. The van der Waals surface area contributed by atoms with Gasteiger partial charge in [-0.2, -0.15) is 0 Å². The van der Waals surface area contributed by atoms with Crippen LogP contribution in [0.25, 0.3) is 0 Å². The molecule has 25 heavy (non-hydrogen) atoms. The Morgan fingerprint density at radius 2 is 1.92 bits per heavy atom. The van der Waals surface area contributed by atoms with E-state index in [0.29, 0.717) is 18.4 Å². The summed E-state index contributed by atoms with van der Waals surface area (Å²) in [6.07, 6.45) is 3.88. The highest BCUT2D eigenvalue weighted by atomic mass is 16.5. The quantitative estimate of drug-likeness (QED) is 0.816. The topological polar surface area (TPSA) is 46.5 Å². The number of carbonyl (C=O) groups is 1. The molecule has 0 aromatic heterocycles. The zero-order chi connectivity index (χ0) is 17.4. The second kappa shape index (κ2) is 6.21. The lowest BCUT2D eigenvalue weighted by Gasteiger charge is -2.35. The fourth-order valence-corrected chi connectivity index (χ4v) is 3.88. The van der Waals surface area contributed by atoms with E-state index in [1.54, 1.807) is 0 Å². The van der Waals surface area contributed by atoms with Gasteiger partial charge in [-0.15, -0.1) is 0 Å². The minimum absolute atomic E-state index is 0.482. The second-order valence-corrected chi connectivity index (χ2v) is 7.58. The molecule has 3 heteroatoms. The molecule has 2 unspecified atom stereocenters. The van der Waals surface area contributed by atoms with Crippen molar-refractivity contribution in [3.05, 3.63) is 65.2 Å². The molecular formula is C22H24O3. The summed E-state index contributed by atoms with van der Waals surface area (Å²) < 4.78 is 6.13. The van der Waals surface area contributed by atoms with Gasteiger partial charge in [-0.1, -0.05) is 49.4 Å².